The topological polar surface area (TPSA) is 46.3 Å². The molecule has 0 aromatic rings. The van der Waals surface area contributed by atoms with Gasteiger partial charge >= 0.3 is 0 Å². The molecule has 1 aliphatic heterocycles. The molecule has 2 N–H and O–H groups in total. The van der Waals surface area contributed by atoms with Gasteiger partial charge in [0.2, 0.25) is 5.91 Å². The molecule has 0 spiro atoms. The van der Waals surface area contributed by atoms with E-state index in [-0.39, 0.29) is 18.4 Å². The summed E-state index contributed by atoms with van der Waals surface area (Å²) in [5.74, 6) is 4.17. The molecule has 1 heterocycles. The van der Waals surface area contributed by atoms with Gasteiger partial charge in [0.15, 0.2) is 0 Å². The number of hydrogen-bond donors (Lipinski definition) is 1. The summed E-state index contributed by atoms with van der Waals surface area (Å²) in [4.78, 5) is 15.0. The van der Waals surface area contributed by atoms with Crippen LogP contribution >= 0.6 is 12.4 Å². The molecule has 1 amide bonds. The largest absolute Gasteiger partial charge is 0.338 e. The average Bonchev–Trinajstić information content (AvgIpc) is 2.85. The highest BCUT2D eigenvalue weighted by atomic mass is 35.5. The number of rotatable bonds is 2. The summed E-state index contributed by atoms with van der Waals surface area (Å²) in [6.45, 7) is 3.02. The van der Waals surface area contributed by atoms with Gasteiger partial charge in [0, 0.05) is 24.5 Å². The Labute approximate surface area is 128 Å². The lowest BCUT2D eigenvalue weighted by atomic mass is 9.94. The van der Waals surface area contributed by atoms with Gasteiger partial charge in [-0.05, 0) is 69.1 Å². The van der Waals surface area contributed by atoms with Crippen molar-refractivity contribution in [1.82, 2.24) is 4.90 Å². The number of halogens is 1. The van der Waals surface area contributed by atoms with Gasteiger partial charge < -0.3 is 10.6 Å². The Morgan fingerprint density at radius 3 is 2.40 bits per heavy atom. The van der Waals surface area contributed by atoms with E-state index < -0.39 is 0 Å². The molecule has 6 unspecified atom stereocenters. The zero-order valence-electron chi connectivity index (χ0n) is 12.3. The third-order valence-corrected chi connectivity index (χ3v) is 6.46. The zero-order valence-corrected chi connectivity index (χ0v) is 13.1. The quantitative estimate of drug-likeness (QED) is 0.851. The van der Waals surface area contributed by atoms with Crippen LogP contribution in [-0.4, -0.2) is 29.4 Å². The van der Waals surface area contributed by atoms with Crippen LogP contribution in [0.5, 0.6) is 0 Å². The molecular formula is C16H27ClN2O. The summed E-state index contributed by atoms with van der Waals surface area (Å²) < 4.78 is 0. The van der Waals surface area contributed by atoms with Gasteiger partial charge in [0.1, 0.15) is 0 Å². The summed E-state index contributed by atoms with van der Waals surface area (Å²) >= 11 is 0. The third kappa shape index (κ3) is 2.00. The number of fused-ring (bicyclic) bond motifs is 5. The highest BCUT2D eigenvalue weighted by molar-refractivity contribution is 5.85. The van der Waals surface area contributed by atoms with E-state index in [0.717, 1.165) is 36.6 Å². The van der Waals surface area contributed by atoms with Gasteiger partial charge in [0.25, 0.3) is 0 Å². The van der Waals surface area contributed by atoms with Crippen LogP contribution in [0.1, 0.15) is 45.4 Å². The fraction of sp³-hybridized carbons (Fsp3) is 0.938. The lowest BCUT2D eigenvalue weighted by molar-refractivity contribution is -0.137. The average molecular weight is 299 g/mol. The fourth-order valence-corrected chi connectivity index (χ4v) is 5.62. The summed E-state index contributed by atoms with van der Waals surface area (Å²) in [5, 5.41) is 0. The van der Waals surface area contributed by atoms with Crippen LogP contribution in [0.3, 0.4) is 0 Å². The van der Waals surface area contributed by atoms with E-state index in [4.69, 9.17) is 5.73 Å². The van der Waals surface area contributed by atoms with Gasteiger partial charge in [-0.1, -0.05) is 0 Å². The smallest absolute Gasteiger partial charge is 0.226 e. The first-order valence-corrected chi connectivity index (χ1v) is 8.24. The minimum Gasteiger partial charge on any atom is -0.338 e. The number of nitrogens with two attached hydrogens (primary N) is 1. The monoisotopic (exact) mass is 298 g/mol. The molecule has 0 aromatic carbocycles. The Morgan fingerprint density at radius 1 is 1.15 bits per heavy atom. The Balaban J connectivity index is 0.00000121. The predicted molar refractivity (Wildman–Crippen MR) is 81.6 cm³/mol. The first kappa shape index (κ1) is 14.6. The highest BCUT2D eigenvalue weighted by Crippen LogP contribution is 2.69. The summed E-state index contributed by atoms with van der Waals surface area (Å²) in [6, 6.07) is 0.430. The number of amides is 1. The highest BCUT2D eigenvalue weighted by Gasteiger charge is 2.68. The lowest BCUT2D eigenvalue weighted by Gasteiger charge is -2.38. The lowest BCUT2D eigenvalue weighted by Crippen LogP contribution is -2.52. The number of carbonyl (C=O) groups is 1. The molecule has 4 fully saturated rings. The van der Waals surface area contributed by atoms with Gasteiger partial charge in [-0.3, -0.25) is 4.79 Å². The number of piperidine rings is 1. The maximum Gasteiger partial charge on any atom is 0.226 e. The second kappa shape index (κ2) is 5.17. The van der Waals surface area contributed by atoms with E-state index in [1.54, 1.807) is 0 Å². The standard InChI is InChI=1S/C16H26N2O.ClH/c1-9(17)12-4-2-3-7-18(12)16(19)15-13-10-5-6-11(8-10)14(13)15;/h9-15H,2-8,17H2,1H3;1H. The Morgan fingerprint density at radius 2 is 1.80 bits per heavy atom. The van der Waals surface area contributed by atoms with Crippen LogP contribution in [0.25, 0.3) is 0 Å². The van der Waals surface area contributed by atoms with Crippen LogP contribution in [-0.2, 0) is 4.79 Å². The molecule has 2 bridgehead atoms. The fourth-order valence-electron chi connectivity index (χ4n) is 5.62. The molecule has 3 nitrogen and oxygen atoms in total. The summed E-state index contributed by atoms with van der Waals surface area (Å²) in [5.41, 5.74) is 6.10. The molecule has 3 aliphatic carbocycles. The maximum absolute atomic E-state index is 12.9. The van der Waals surface area contributed by atoms with Crippen LogP contribution in [0.2, 0.25) is 0 Å². The van der Waals surface area contributed by atoms with E-state index in [0.29, 0.717) is 17.9 Å². The van der Waals surface area contributed by atoms with Gasteiger partial charge in [-0.25, -0.2) is 0 Å². The van der Waals surface area contributed by atoms with Crippen molar-refractivity contribution in [3.05, 3.63) is 0 Å². The third-order valence-electron chi connectivity index (χ3n) is 6.46. The van der Waals surface area contributed by atoms with Crippen molar-refractivity contribution in [2.45, 2.75) is 57.5 Å². The first-order chi connectivity index (χ1) is 9.18. The van der Waals surface area contributed by atoms with Crippen molar-refractivity contribution in [2.24, 2.45) is 35.3 Å². The Bertz CT molecular complexity index is 384. The molecule has 0 radical (unpaired) electrons. The molecule has 1 saturated heterocycles. The zero-order chi connectivity index (χ0) is 13.1. The second-order valence-electron chi connectivity index (χ2n) is 7.47. The van der Waals surface area contributed by atoms with Gasteiger partial charge in [0.05, 0.1) is 0 Å². The summed E-state index contributed by atoms with van der Waals surface area (Å²) in [6.07, 6.45) is 7.73. The maximum atomic E-state index is 12.9. The van der Waals surface area contributed by atoms with Crippen molar-refractivity contribution in [3.63, 3.8) is 0 Å². The van der Waals surface area contributed by atoms with Crippen molar-refractivity contribution < 1.29 is 4.79 Å². The van der Waals surface area contributed by atoms with Crippen LogP contribution in [0.15, 0.2) is 0 Å². The molecule has 3 saturated carbocycles. The second-order valence-corrected chi connectivity index (χ2v) is 7.47. The first-order valence-electron chi connectivity index (χ1n) is 8.24. The molecule has 4 heteroatoms. The van der Waals surface area contributed by atoms with Crippen molar-refractivity contribution in [1.29, 1.82) is 0 Å². The van der Waals surface area contributed by atoms with Crippen LogP contribution in [0.4, 0.5) is 0 Å². The molecular weight excluding hydrogens is 272 g/mol. The van der Waals surface area contributed by atoms with E-state index >= 15 is 0 Å². The minimum absolute atomic E-state index is 0. The predicted octanol–water partition coefficient (Wildman–Crippen LogP) is 2.43. The van der Waals surface area contributed by atoms with Gasteiger partial charge in [-0.15, -0.1) is 12.4 Å². The molecule has 0 aromatic heterocycles. The van der Waals surface area contributed by atoms with Crippen molar-refractivity contribution >= 4 is 18.3 Å². The normalized spacial score (nSPS) is 46.6. The number of hydrogen-bond acceptors (Lipinski definition) is 2. The van der Waals surface area contributed by atoms with Gasteiger partial charge in [-0.2, -0.15) is 0 Å². The Kier molecular flexibility index (Phi) is 3.79. The number of carbonyl (C=O) groups excluding carboxylic acids is 1. The molecule has 20 heavy (non-hydrogen) atoms. The van der Waals surface area contributed by atoms with E-state index in [1.165, 1.54) is 32.1 Å². The number of nitrogens with zero attached hydrogens (tertiary/aromatic N) is 1. The van der Waals surface area contributed by atoms with E-state index in [2.05, 4.69) is 11.8 Å². The minimum atomic E-state index is 0. The SMILES string of the molecule is CC(N)C1CCCCN1C(=O)C1C2C3CCC(C3)C12.Cl. The molecule has 6 atom stereocenters. The molecule has 4 rings (SSSR count). The molecule has 114 valence electrons. The van der Waals surface area contributed by atoms with Crippen molar-refractivity contribution in [2.75, 3.05) is 6.54 Å². The van der Waals surface area contributed by atoms with E-state index in [1.807, 2.05) is 0 Å². The van der Waals surface area contributed by atoms with Crippen molar-refractivity contribution in [3.8, 4) is 0 Å². The Hall–Kier alpha value is -0.280. The number of likely N-dealkylation sites (tertiary alicyclic amines) is 1. The summed E-state index contributed by atoms with van der Waals surface area (Å²) in [7, 11) is 0. The van der Waals surface area contributed by atoms with Crippen LogP contribution < -0.4 is 5.73 Å². The van der Waals surface area contributed by atoms with Crippen LogP contribution in [0, 0.1) is 29.6 Å². The molecule has 4 aliphatic rings. The van der Waals surface area contributed by atoms with E-state index in [9.17, 15) is 4.79 Å².